The number of halogens is 2. The Bertz CT molecular complexity index is 1570. The monoisotopic (exact) mass is 583 g/mol. The molecule has 4 rings (SSSR count). The van der Waals surface area contributed by atoms with Crippen LogP contribution in [0.15, 0.2) is 88.9 Å². The highest BCUT2D eigenvalue weighted by atomic mass is 35.5. The van der Waals surface area contributed by atoms with Crippen LogP contribution in [0, 0.1) is 0 Å². The molecule has 0 amide bonds. The van der Waals surface area contributed by atoms with Gasteiger partial charge in [-0.1, -0.05) is 59.6 Å². The maximum absolute atomic E-state index is 12.0. The molecule has 0 aliphatic rings. The Hall–Kier alpha value is -3.70. The minimum absolute atomic E-state index is 0.179. The minimum atomic E-state index is -3.51. The topological polar surface area (TPSA) is 120 Å². The summed E-state index contributed by atoms with van der Waals surface area (Å²) in [6, 6.07) is 23.4. The minimum Gasteiger partial charge on any atom is -0.370 e. The van der Waals surface area contributed by atoms with Gasteiger partial charge in [0.05, 0.1) is 20.7 Å². The van der Waals surface area contributed by atoms with Gasteiger partial charge in [-0.05, 0) is 67.9 Å². The van der Waals surface area contributed by atoms with Gasteiger partial charge < -0.3 is 10.6 Å². The van der Waals surface area contributed by atoms with E-state index in [2.05, 4.69) is 35.9 Å². The molecule has 0 radical (unpaired) electrons. The molecular formula is C27H27Cl2N7O2S. The van der Waals surface area contributed by atoms with Crippen molar-refractivity contribution < 1.29 is 8.42 Å². The smallest absolute Gasteiger partial charge is 0.240 e. The van der Waals surface area contributed by atoms with E-state index in [9.17, 15) is 8.42 Å². The van der Waals surface area contributed by atoms with E-state index in [1.807, 2.05) is 49.4 Å². The number of benzene rings is 3. The molecule has 0 bridgehead atoms. The van der Waals surface area contributed by atoms with E-state index in [1.165, 1.54) is 19.2 Å². The molecule has 0 unspecified atom stereocenters. The van der Waals surface area contributed by atoms with Crippen LogP contribution in [0.25, 0.3) is 0 Å². The fraction of sp³-hybridized carbons (Fsp3) is 0.148. The summed E-state index contributed by atoms with van der Waals surface area (Å²) in [5.74, 6) is 1.45. The van der Waals surface area contributed by atoms with Gasteiger partial charge in [-0.25, -0.2) is 13.1 Å². The van der Waals surface area contributed by atoms with Crippen molar-refractivity contribution in [2.24, 2.45) is 5.10 Å². The molecule has 0 atom stereocenters. The maximum atomic E-state index is 12.0. The highest BCUT2D eigenvalue weighted by Crippen LogP contribution is 2.23. The summed E-state index contributed by atoms with van der Waals surface area (Å²) < 4.78 is 26.3. The lowest BCUT2D eigenvalue weighted by atomic mass is 10.1. The van der Waals surface area contributed by atoms with Gasteiger partial charge in [0.25, 0.3) is 0 Å². The zero-order chi connectivity index (χ0) is 27.8. The third kappa shape index (κ3) is 7.90. The Labute approximate surface area is 237 Å². The molecule has 0 saturated heterocycles. The molecule has 0 spiro atoms. The van der Waals surface area contributed by atoms with Gasteiger partial charge in [0, 0.05) is 18.3 Å². The first kappa shape index (κ1) is 28.3. The lowest BCUT2D eigenvalue weighted by Gasteiger charge is -2.12. The zero-order valence-corrected chi connectivity index (χ0v) is 23.6. The number of anilines is 4. The lowest BCUT2D eigenvalue weighted by Crippen LogP contribution is -2.18. The number of nitrogens with one attached hydrogen (secondary N) is 4. The van der Waals surface area contributed by atoms with Crippen molar-refractivity contribution in [3.63, 3.8) is 0 Å². The third-order valence-electron chi connectivity index (χ3n) is 5.65. The van der Waals surface area contributed by atoms with Crippen molar-refractivity contribution in [1.29, 1.82) is 0 Å². The van der Waals surface area contributed by atoms with Crippen molar-refractivity contribution in [1.82, 2.24) is 14.7 Å². The molecule has 0 fully saturated rings. The summed E-state index contributed by atoms with van der Waals surface area (Å²) >= 11 is 12.2. The van der Waals surface area contributed by atoms with Crippen molar-refractivity contribution >= 4 is 62.2 Å². The van der Waals surface area contributed by atoms with E-state index in [-0.39, 0.29) is 4.90 Å². The Kier molecular flexibility index (Phi) is 9.36. The average Bonchev–Trinajstić information content (AvgIpc) is 2.94. The third-order valence-corrected chi connectivity index (χ3v) is 7.82. The number of hydrazone groups is 1. The van der Waals surface area contributed by atoms with Gasteiger partial charge >= 0.3 is 0 Å². The Morgan fingerprint density at radius 1 is 0.897 bits per heavy atom. The molecule has 4 aromatic rings. The molecule has 39 heavy (non-hydrogen) atoms. The van der Waals surface area contributed by atoms with Gasteiger partial charge in [-0.3, -0.25) is 5.43 Å². The number of hydrogen-bond acceptors (Lipinski definition) is 8. The zero-order valence-electron chi connectivity index (χ0n) is 21.2. The van der Waals surface area contributed by atoms with Crippen LogP contribution in [0.4, 0.5) is 23.3 Å². The standard InChI is InChI=1S/C27H27Cl2N7O2S/c1-18(20-9-11-22(12-10-20)39(37,38)30-2)35-36-26-17-25(31-15-14-19-8-13-23(28)24(29)16-19)33-27(34-26)32-21-6-4-3-5-7-21/h3-13,16-17,30H,14-15H2,1-2H3,(H3,31,32,33,34,36). The lowest BCUT2D eigenvalue weighted by molar-refractivity contribution is 0.588. The van der Waals surface area contributed by atoms with Crippen molar-refractivity contribution in [3.05, 3.63) is 100 Å². The Balaban J connectivity index is 1.51. The molecule has 3 aromatic carbocycles. The first-order chi connectivity index (χ1) is 18.7. The first-order valence-corrected chi connectivity index (χ1v) is 14.2. The number of sulfonamides is 1. The normalized spacial score (nSPS) is 11.7. The van der Waals surface area contributed by atoms with Gasteiger partial charge in [0.15, 0.2) is 5.82 Å². The van der Waals surface area contributed by atoms with Crippen LogP contribution < -0.4 is 20.8 Å². The number of hydrogen-bond donors (Lipinski definition) is 4. The van der Waals surface area contributed by atoms with Gasteiger partial charge in [-0.2, -0.15) is 15.1 Å². The molecule has 0 aliphatic heterocycles. The van der Waals surface area contributed by atoms with Crippen LogP contribution in [0.3, 0.4) is 0 Å². The number of para-hydroxylation sites is 1. The van der Waals surface area contributed by atoms with Crippen LogP contribution in [-0.2, 0) is 16.4 Å². The molecule has 12 heteroatoms. The molecule has 1 aromatic heterocycles. The largest absolute Gasteiger partial charge is 0.370 e. The average molecular weight is 585 g/mol. The van der Waals surface area contributed by atoms with Crippen molar-refractivity contribution in [3.8, 4) is 0 Å². The number of nitrogens with zero attached hydrogens (tertiary/aromatic N) is 3. The summed E-state index contributed by atoms with van der Waals surface area (Å²) in [5.41, 5.74) is 6.27. The van der Waals surface area contributed by atoms with E-state index in [0.717, 1.165) is 16.8 Å². The molecular weight excluding hydrogens is 557 g/mol. The summed E-state index contributed by atoms with van der Waals surface area (Å²) in [4.78, 5) is 9.30. The fourth-order valence-electron chi connectivity index (χ4n) is 3.53. The van der Waals surface area contributed by atoms with E-state index >= 15 is 0 Å². The van der Waals surface area contributed by atoms with Crippen LogP contribution >= 0.6 is 23.2 Å². The predicted octanol–water partition coefficient (Wildman–Crippen LogP) is 5.93. The number of rotatable bonds is 11. The van der Waals surface area contributed by atoms with E-state index in [4.69, 9.17) is 23.2 Å². The molecule has 0 saturated carbocycles. The first-order valence-electron chi connectivity index (χ1n) is 12.0. The van der Waals surface area contributed by atoms with E-state index in [0.29, 0.717) is 46.3 Å². The molecule has 0 aliphatic carbocycles. The maximum Gasteiger partial charge on any atom is 0.240 e. The Morgan fingerprint density at radius 3 is 2.31 bits per heavy atom. The number of aromatic nitrogens is 2. The van der Waals surface area contributed by atoms with E-state index < -0.39 is 10.0 Å². The fourth-order valence-corrected chi connectivity index (χ4v) is 4.58. The van der Waals surface area contributed by atoms with Crippen LogP contribution in [0.1, 0.15) is 18.1 Å². The van der Waals surface area contributed by atoms with Crippen LogP contribution in [-0.4, -0.2) is 37.7 Å². The van der Waals surface area contributed by atoms with Crippen LogP contribution in [0.5, 0.6) is 0 Å². The summed E-state index contributed by atoms with van der Waals surface area (Å²) in [6.07, 6.45) is 0.710. The van der Waals surface area contributed by atoms with Gasteiger partial charge in [0.1, 0.15) is 5.82 Å². The second kappa shape index (κ2) is 12.9. The highest BCUT2D eigenvalue weighted by molar-refractivity contribution is 7.89. The summed E-state index contributed by atoms with van der Waals surface area (Å²) in [5, 5.41) is 12.0. The Morgan fingerprint density at radius 2 is 1.62 bits per heavy atom. The summed E-state index contributed by atoms with van der Waals surface area (Å²) in [7, 11) is -2.14. The quantitative estimate of drug-likeness (QED) is 0.128. The second-order valence-corrected chi connectivity index (χ2v) is 11.1. The van der Waals surface area contributed by atoms with Gasteiger partial charge in [0.2, 0.25) is 16.0 Å². The van der Waals surface area contributed by atoms with Crippen molar-refractivity contribution in [2.45, 2.75) is 18.2 Å². The SMILES string of the molecule is CNS(=O)(=O)c1ccc(C(C)=NNc2cc(NCCc3ccc(Cl)c(Cl)c3)nc(Nc3ccccc3)n2)cc1. The molecule has 1 heterocycles. The van der Waals surface area contributed by atoms with E-state index in [1.54, 1.807) is 24.3 Å². The highest BCUT2D eigenvalue weighted by Gasteiger charge is 2.11. The van der Waals surface area contributed by atoms with Crippen molar-refractivity contribution in [2.75, 3.05) is 29.7 Å². The molecule has 4 N–H and O–H groups in total. The molecule has 9 nitrogen and oxygen atoms in total. The second-order valence-electron chi connectivity index (χ2n) is 8.42. The predicted molar refractivity (Wildman–Crippen MR) is 159 cm³/mol. The van der Waals surface area contributed by atoms with Crippen LogP contribution in [0.2, 0.25) is 10.0 Å². The molecule has 202 valence electrons. The van der Waals surface area contributed by atoms with Gasteiger partial charge in [-0.15, -0.1) is 0 Å². The summed E-state index contributed by atoms with van der Waals surface area (Å²) in [6.45, 7) is 2.42.